The Morgan fingerprint density at radius 1 is 1.28 bits per heavy atom. The summed E-state index contributed by atoms with van der Waals surface area (Å²) in [6.07, 6.45) is 6.63. The average Bonchev–Trinajstić information content (AvgIpc) is 2.90. The van der Waals surface area contributed by atoms with E-state index >= 15 is 0 Å². The summed E-state index contributed by atoms with van der Waals surface area (Å²) in [5.41, 5.74) is 0. The van der Waals surface area contributed by atoms with Crippen molar-refractivity contribution in [2.45, 2.75) is 51.2 Å². The van der Waals surface area contributed by atoms with Crippen LogP contribution in [0.5, 0.6) is 0 Å². The molecule has 2 rings (SSSR count). The van der Waals surface area contributed by atoms with E-state index in [0.717, 1.165) is 19.6 Å². The molecule has 106 valence electrons. The van der Waals surface area contributed by atoms with Gasteiger partial charge in [0, 0.05) is 19.1 Å². The van der Waals surface area contributed by atoms with E-state index in [1.165, 1.54) is 45.3 Å². The number of nitrogens with zero attached hydrogens (tertiary/aromatic N) is 1. The third-order valence-electron chi connectivity index (χ3n) is 3.90. The fraction of sp³-hybridized carbons (Fsp3) is 1.00. The first-order valence-electron chi connectivity index (χ1n) is 7.53. The van der Waals surface area contributed by atoms with Gasteiger partial charge >= 0.3 is 0 Å². The Kier molecular flexibility index (Phi) is 6.41. The maximum absolute atomic E-state index is 5.67. The standard InChI is InChI=1S/C14H28N2O2/c1-2-3-8-16(10-13-5-4-7-15-13)11-14-6-9-17-12-18-14/h13-15H,2-12H2,1H3. The Balaban J connectivity index is 1.74. The molecule has 0 aromatic rings. The fourth-order valence-electron chi connectivity index (χ4n) is 2.80. The van der Waals surface area contributed by atoms with Crippen LogP contribution in [0.3, 0.4) is 0 Å². The van der Waals surface area contributed by atoms with E-state index < -0.39 is 0 Å². The highest BCUT2D eigenvalue weighted by Gasteiger charge is 2.22. The van der Waals surface area contributed by atoms with E-state index in [-0.39, 0.29) is 0 Å². The van der Waals surface area contributed by atoms with Gasteiger partial charge in [-0.1, -0.05) is 13.3 Å². The highest BCUT2D eigenvalue weighted by Crippen LogP contribution is 2.12. The van der Waals surface area contributed by atoms with Gasteiger partial charge in [-0.3, -0.25) is 4.90 Å². The van der Waals surface area contributed by atoms with E-state index in [0.29, 0.717) is 18.9 Å². The van der Waals surface area contributed by atoms with Crippen molar-refractivity contribution in [1.82, 2.24) is 10.2 Å². The third kappa shape index (κ3) is 4.84. The van der Waals surface area contributed by atoms with Crippen molar-refractivity contribution >= 4 is 0 Å². The molecule has 0 aromatic carbocycles. The molecule has 0 amide bonds. The van der Waals surface area contributed by atoms with Crippen molar-refractivity contribution in [3.63, 3.8) is 0 Å². The summed E-state index contributed by atoms with van der Waals surface area (Å²) in [6, 6.07) is 0.696. The van der Waals surface area contributed by atoms with Crippen LogP contribution in [-0.2, 0) is 9.47 Å². The van der Waals surface area contributed by atoms with E-state index in [9.17, 15) is 0 Å². The van der Waals surface area contributed by atoms with Gasteiger partial charge in [0.1, 0.15) is 6.79 Å². The Morgan fingerprint density at radius 2 is 2.22 bits per heavy atom. The summed E-state index contributed by atoms with van der Waals surface area (Å²) in [5.74, 6) is 0. The van der Waals surface area contributed by atoms with Gasteiger partial charge in [0.15, 0.2) is 0 Å². The van der Waals surface area contributed by atoms with E-state index in [1.807, 2.05) is 0 Å². The lowest BCUT2D eigenvalue weighted by Gasteiger charge is -2.31. The van der Waals surface area contributed by atoms with Crippen molar-refractivity contribution in [2.75, 3.05) is 39.6 Å². The van der Waals surface area contributed by atoms with Crippen molar-refractivity contribution in [1.29, 1.82) is 0 Å². The van der Waals surface area contributed by atoms with Crippen LogP contribution >= 0.6 is 0 Å². The minimum atomic E-state index is 0.372. The zero-order valence-electron chi connectivity index (χ0n) is 11.7. The lowest BCUT2D eigenvalue weighted by atomic mass is 10.1. The number of hydrogen-bond acceptors (Lipinski definition) is 4. The van der Waals surface area contributed by atoms with Gasteiger partial charge in [0.2, 0.25) is 0 Å². The number of nitrogens with one attached hydrogen (secondary N) is 1. The van der Waals surface area contributed by atoms with Gasteiger partial charge in [-0.2, -0.15) is 0 Å². The Morgan fingerprint density at radius 3 is 2.89 bits per heavy atom. The van der Waals surface area contributed by atoms with Crippen molar-refractivity contribution in [3.05, 3.63) is 0 Å². The van der Waals surface area contributed by atoms with Crippen LogP contribution in [0.25, 0.3) is 0 Å². The molecule has 18 heavy (non-hydrogen) atoms. The first kappa shape index (κ1) is 14.3. The van der Waals surface area contributed by atoms with E-state index in [4.69, 9.17) is 9.47 Å². The van der Waals surface area contributed by atoms with Gasteiger partial charge < -0.3 is 14.8 Å². The van der Waals surface area contributed by atoms with Crippen molar-refractivity contribution < 1.29 is 9.47 Å². The molecule has 0 aliphatic carbocycles. The Labute approximate surface area is 111 Å². The molecule has 1 N–H and O–H groups in total. The monoisotopic (exact) mass is 256 g/mol. The lowest BCUT2D eigenvalue weighted by molar-refractivity contribution is -0.144. The number of ether oxygens (including phenoxy) is 2. The van der Waals surface area contributed by atoms with E-state index in [2.05, 4.69) is 17.1 Å². The number of rotatable bonds is 7. The Hall–Kier alpha value is -0.160. The lowest BCUT2D eigenvalue weighted by Crippen LogP contribution is -2.43. The van der Waals surface area contributed by atoms with Crippen LogP contribution in [0.15, 0.2) is 0 Å². The molecule has 2 aliphatic rings. The molecule has 0 saturated carbocycles. The SMILES string of the molecule is CCCCN(CC1CCCN1)CC1CCOCO1. The molecule has 0 aromatic heterocycles. The quantitative estimate of drug-likeness (QED) is 0.750. The molecule has 2 atom stereocenters. The van der Waals surface area contributed by atoms with Crippen LogP contribution in [0.4, 0.5) is 0 Å². The number of unbranched alkanes of at least 4 members (excludes halogenated alkanes) is 1. The van der Waals surface area contributed by atoms with Crippen molar-refractivity contribution in [2.24, 2.45) is 0 Å². The van der Waals surface area contributed by atoms with Crippen LogP contribution < -0.4 is 5.32 Å². The van der Waals surface area contributed by atoms with Crippen LogP contribution in [-0.4, -0.2) is 56.6 Å². The summed E-state index contributed by atoms with van der Waals surface area (Å²) in [7, 11) is 0. The van der Waals surface area contributed by atoms with Gasteiger partial charge in [0.25, 0.3) is 0 Å². The second-order valence-corrected chi connectivity index (χ2v) is 5.51. The van der Waals surface area contributed by atoms with Crippen LogP contribution in [0.1, 0.15) is 39.0 Å². The van der Waals surface area contributed by atoms with Crippen molar-refractivity contribution in [3.8, 4) is 0 Å². The minimum absolute atomic E-state index is 0.372. The average molecular weight is 256 g/mol. The fourth-order valence-corrected chi connectivity index (χ4v) is 2.80. The molecule has 4 nitrogen and oxygen atoms in total. The first-order chi connectivity index (χ1) is 8.88. The summed E-state index contributed by atoms with van der Waals surface area (Å²) in [4.78, 5) is 2.59. The maximum Gasteiger partial charge on any atom is 0.147 e. The second-order valence-electron chi connectivity index (χ2n) is 5.51. The largest absolute Gasteiger partial charge is 0.355 e. The second kappa shape index (κ2) is 8.10. The summed E-state index contributed by atoms with van der Waals surface area (Å²) >= 11 is 0. The highest BCUT2D eigenvalue weighted by atomic mass is 16.7. The molecule has 2 aliphatic heterocycles. The summed E-state index contributed by atoms with van der Waals surface area (Å²) in [5, 5.41) is 3.59. The normalized spacial score (nSPS) is 29.0. The summed E-state index contributed by atoms with van der Waals surface area (Å²) in [6.45, 7) is 8.25. The zero-order valence-corrected chi connectivity index (χ0v) is 11.7. The van der Waals surface area contributed by atoms with Crippen LogP contribution in [0.2, 0.25) is 0 Å². The molecule has 0 spiro atoms. The molecular formula is C14H28N2O2. The zero-order chi connectivity index (χ0) is 12.6. The Bertz CT molecular complexity index is 214. The molecular weight excluding hydrogens is 228 g/mol. The molecule has 2 unspecified atom stereocenters. The first-order valence-corrected chi connectivity index (χ1v) is 7.53. The van der Waals surface area contributed by atoms with E-state index in [1.54, 1.807) is 0 Å². The maximum atomic E-state index is 5.67. The van der Waals surface area contributed by atoms with Crippen LogP contribution in [0, 0.1) is 0 Å². The summed E-state index contributed by atoms with van der Waals surface area (Å²) < 4.78 is 10.9. The topological polar surface area (TPSA) is 33.7 Å². The molecule has 2 fully saturated rings. The predicted octanol–water partition coefficient (Wildman–Crippen LogP) is 1.60. The predicted molar refractivity (Wildman–Crippen MR) is 72.7 cm³/mol. The smallest absolute Gasteiger partial charge is 0.147 e. The molecule has 2 heterocycles. The third-order valence-corrected chi connectivity index (χ3v) is 3.90. The van der Waals surface area contributed by atoms with Gasteiger partial charge in [-0.25, -0.2) is 0 Å². The number of hydrogen-bond donors (Lipinski definition) is 1. The van der Waals surface area contributed by atoms with Gasteiger partial charge in [0.05, 0.1) is 12.7 Å². The molecule has 0 bridgehead atoms. The highest BCUT2D eigenvalue weighted by molar-refractivity contribution is 4.79. The van der Waals surface area contributed by atoms with Gasteiger partial charge in [-0.05, 0) is 38.8 Å². The van der Waals surface area contributed by atoms with Gasteiger partial charge in [-0.15, -0.1) is 0 Å². The molecule has 0 radical (unpaired) electrons. The molecule has 4 heteroatoms. The molecule has 2 saturated heterocycles. The minimum Gasteiger partial charge on any atom is -0.355 e.